The number of halogens is 1. The van der Waals surface area contributed by atoms with Crippen LogP contribution in [0.1, 0.15) is 12.5 Å². The van der Waals surface area contributed by atoms with Crippen LogP contribution in [-0.2, 0) is 16.0 Å². The van der Waals surface area contributed by atoms with E-state index in [0.717, 1.165) is 35.4 Å². The number of ether oxygens (including phenoxy) is 1. The minimum absolute atomic E-state index is 0.123. The summed E-state index contributed by atoms with van der Waals surface area (Å²) in [6.45, 7) is 4.14. The van der Waals surface area contributed by atoms with Gasteiger partial charge in [0.2, 0.25) is 0 Å². The van der Waals surface area contributed by atoms with Crippen molar-refractivity contribution in [2.24, 2.45) is 16.8 Å². The van der Waals surface area contributed by atoms with Crippen molar-refractivity contribution in [3.05, 3.63) is 35.8 Å². The first-order valence-electron chi connectivity index (χ1n) is 8.82. The minimum atomic E-state index is -0.243. The summed E-state index contributed by atoms with van der Waals surface area (Å²) in [4.78, 5) is 21.4. The summed E-state index contributed by atoms with van der Waals surface area (Å²) >= 11 is 0. The second kappa shape index (κ2) is 7.76. The highest BCUT2D eigenvalue weighted by Crippen LogP contribution is 2.24. The average molecular weight is 360 g/mol. The molecule has 26 heavy (non-hydrogen) atoms. The van der Waals surface area contributed by atoms with Gasteiger partial charge in [-0.05, 0) is 36.1 Å². The highest BCUT2D eigenvalue weighted by molar-refractivity contribution is 5.84. The summed E-state index contributed by atoms with van der Waals surface area (Å²) < 4.78 is 18.2. The number of esters is 1. The number of nitrogens with one attached hydrogen (secondary N) is 2. The number of methoxy groups -OCH3 is 1. The van der Waals surface area contributed by atoms with Gasteiger partial charge in [-0.1, -0.05) is 6.92 Å². The van der Waals surface area contributed by atoms with Crippen LogP contribution in [0.25, 0.3) is 10.9 Å². The van der Waals surface area contributed by atoms with Crippen LogP contribution in [-0.4, -0.2) is 55.6 Å². The molecule has 0 bridgehead atoms. The number of aromatic nitrogens is 1. The van der Waals surface area contributed by atoms with E-state index in [0.29, 0.717) is 13.1 Å². The van der Waals surface area contributed by atoms with E-state index in [4.69, 9.17) is 4.74 Å². The zero-order chi connectivity index (χ0) is 18.7. The molecule has 2 atom stereocenters. The molecule has 2 aromatic rings. The van der Waals surface area contributed by atoms with Gasteiger partial charge in [0.05, 0.1) is 13.0 Å². The van der Waals surface area contributed by atoms with Crippen LogP contribution in [0.4, 0.5) is 4.39 Å². The third-order valence-corrected chi connectivity index (χ3v) is 5.03. The van der Waals surface area contributed by atoms with Crippen LogP contribution in [0.15, 0.2) is 29.4 Å². The number of aromatic amines is 1. The molecule has 1 fully saturated rings. The van der Waals surface area contributed by atoms with Gasteiger partial charge in [0.25, 0.3) is 0 Å². The Hall–Kier alpha value is -2.57. The SMILES string of the molecule is CN=C(NCCc1c[nH]c2cc(F)ccc12)N1CC(C)C(C(=O)OC)C1. The highest BCUT2D eigenvalue weighted by Gasteiger charge is 2.36. The van der Waals surface area contributed by atoms with Crippen LogP contribution < -0.4 is 5.32 Å². The molecule has 2 unspecified atom stereocenters. The maximum Gasteiger partial charge on any atom is 0.310 e. The van der Waals surface area contributed by atoms with Crippen molar-refractivity contribution in [3.8, 4) is 0 Å². The number of guanidine groups is 1. The van der Waals surface area contributed by atoms with E-state index in [1.54, 1.807) is 13.1 Å². The standard InChI is InChI=1S/C19H25FN4O2/c1-12-10-24(11-16(12)18(25)26-3)19(21-2)22-7-6-13-9-23-17-8-14(20)4-5-15(13)17/h4-5,8-9,12,16,23H,6-7,10-11H2,1-3H3,(H,21,22). The molecule has 0 saturated carbocycles. The number of benzene rings is 1. The van der Waals surface area contributed by atoms with E-state index >= 15 is 0 Å². The van der Waals surface area contributed by atoms with Gasteiger partial charge in [-0.15, -0.1) is 0 Å². The lowest BCUT2D eigenvalue weighted by molar-refractivity contribution is -0.145. The number of fused-ring (bicyclic) bond motifs is 1. The molecule has 1 aromatic carbocycles. The third-order valence-electron chi connectivity index (χ3n) is 5.03. The number of H-pyrrole nitrogens is 1. The fourth-order valence-corrected chi connectivity index (χ4v) is 3.60. The number of hydrogen-bond donors (Lipinski definition) is 2. The first-order valence-corrected chi connectivity index (χ1v) is 8.82. The molecule has 140 valence electrons. The van der Waals surface area contributed by atoms with Crippen molar-refractivity contribution >= 4 is 22.8 Å². The molecule has 7 heteroatoms. The first-order chi connectivity index (χ1) is 12.5. The Kier molecular flexibility index (Phi) is 5.44. The maximum atomic E-state index is 13.3. The van der Waals surface area contributed by atoms with E-state index in [-0.39, 0.29) is 23.6 Å². The normalized spacial score (nSPS) is 20.6. The number of hydrogen-bond acceptors (Lipinski definition) is 3. The second-order valence-electron chi connectivity index (χ2n) is 6.74. The lowest BCUT2D eigenvalue weighted by Gasteiger charge is -2.21. The monoisotopic (exact) mass is 360 g/mol. The molecule has 0 amide bonds. The number of rotatable bonds is 4. The molecule has 2 heterocycles. The average Bonchev–Trinajstić information content (AvgIpc) is 3.21. The number of carbonyl (C=O) groups is 1. The molecular weight excluding hydrogens is 335 g/mol. The fraction of sp³-hybridized carbons (Fsp3) is 0.474. The summed E-state index contributed by atoms with van der Waals surface area (Å²) in [5.74, 6) is 0.481. The van der Waals surface area contributed by atoms with E-state index in [2.05, 4.69) is 27.1 Å². The van der Waals surface area contributed by atoms with Crippen LogP contribution >= 0.6 is 0 Å². The van der Waals surface area contributed by atoms with Gasteiger partial charge in [0.1, 0.15) is 5.82 Å². The molecule has 0 radical (unpaired) electrons. The molecule has 6 nitrogen and oxygen atoms in total. The first kappa shape index (κ1) is 18.2. The van der Waals surface area contributed by atoms with E-state index in [9.17, 15) is 9.18 Å². The van der Waals surface area contributed by atoms with Gasteiger partial charge in [-0.3, -0.25) is 9.79 Å². The van der Waals surface area contributed by atoms with Crippen LogP contribution in [0.5, 0.6) is 0 Å². The second-order valence-corrected chi connectivity index (χ2v) is 6.74. The zero-order valence-corrected chi connectivity index (χ0v) is 15.4. The number of likely N-dealkylation sites (tertiary alicyclic amines) is 1. The molecular formula is C19H25FN4O2. The van der Waals surface area contributed by atoms with E-state index in [1.807, 2.05) is 6.20 Å². The Balaban J connectivity index is 1.59. The van der Waals surface area contributed by atoms with E-state index < -0.39 is 0 Å². The molecule has 1 aliphatic rings. The van der Waals surface area contributed by atoms with Gasteiger partial charge in [0.15, 0.2) is 5.96 Å². The lowest BCUT2D eigenvalue weighted by Crippen LogP contribution is -2.41. The Morgan fingerprint density at radius 3 is 3.00 bits per heavy atom. The fourth-order valence-electron chi connectivity index (χ4n) is 3.60. The smallest absolute Gasteiger partial charge is 0.310 e. The van der Waals surface area contributed by atoms with Crippen molar-refractivity contribution in [1.82, 2.24) is 15.2 Å². The van der Waals surface area contributed by atoms with Gasteiger partial charge in [0, 0.05) is 43.8 Å². The number of carbonyl (C=O) groups excluding carboxylic acids is 1. The predicted octanol–water partition coefficient (Wildman–Crippen LogP) is 2.17. The van der Waals surface area contributed by atoms with E-state index in [1.165, 1.54) is 19.2 Å². The summed E-state index contributed by atoms with van der Waals surface area (Å²) in [5.41, 5.74) is 1.93. The highest BCUT2D eigenvalue weighted by atomic mass is 19.1. The van der Waals surface area contributed by atoms with Crippen molar-refractivity contribution in [3.63, 3.8) is 0 Å². The quantitative estimate of drug-likeness (QED) is 0.498. The molecule has 2 N–H and O–H groups in total. The van der Waals surface area contributed by atoms with Gasteiger partial charge in [-0.25, -0.2) is 4.39 Å². The predicted molar refractivity (Wildman–Crippen MR) is 99.6 cm³/mol. The zero-order valence-electron chi connectivity index (χ0n) is 15.4. The topological polar surface area (TPSA) is 69.7 Å². The largest absolute Gasteiger partial charge is 0.469 e. The van der Waals surface area contributed by atoms with Crippen molar-refractivity contribution < 1.29 is 13.9 Å². The molecule has 1 aromatic heterocycles. The molecule has 1 saturated heterocycles. The van der Waals surface area contributed by atoms with Gasteiger partial charge < -0.3 is 19.9 Å². The van der Waals surface area contributed by atoms with Crippen molar-refractivity contribution in [2.75, 3.05) is 33.8 Å². The Bertz CT molecular complexity index is 817. The maximum absolute atomic E-state index is 13.3. The van der Waals surface area contributed by atoms with Crippen LogP contribution in [0.2, 0.25) is 0 Å². The third kappa shape index (κ3) is 3.66. The molecule has 0 spiro atoms. The van der Waals surface area contributed by atoms with Gasteiger partial charge in [-0.2, -0.15) is 0 Å². The number of aliphatic imine (C=N–C) groups is 1. The summed E-state index contributed by atoms with van der Waals surface area (Å²) in [6, 6.07) is 4.78. The summed E-state index contributed by atoms with van der Waals surface area (Å²) in [5, 5.41) is 4.39. The van der Waals surface area contributed by atoms with Gasteiger partial charge >= 0.3 is 5.97 Å². The lowest BCUT2D eigenvalue weighted by atomic mass is 9.99. The summed E-state index contributed by atoms with van der Waals surface area (Å²) in [7, 11) is 3.17. The molecule has 1 aliphatic heterocycles. The Labute approximate surface area is 152 Å². The Morgan fingerprint density at radius 1 is 1.46 bits per heavy atom. The number of nitrogens with zero attached hydrogens (tertiary/aromatic N) is 2. The Morgan fingerprint density at radius 2 is 2.27 bits per heavy atom. The minimum Gasteiger partial charge on any atom is -0.469 e. The van der Waals surface area contributed by atoms with Crippen LogP contribution in [0, 0.1) is 17.7 Å². The van der Waals surface area contributed by atoms with Crippen LogP contribution in [0.3, 0.4) is 0 Å². The summed E-state index contributed by atoms with van der Waals surface area (Å²) in [6.07, 6.45) is 2.70. The molecule has 0 aliphatic carbocycles. The molecule has 3 rings (SSSR count). The van der Waals surface area contributed by atoms with Crippen molar-refractivity contribution in [1.29, 1.82) is 0 Å². The van der Waals surface area contributed by atoms with Crippen molar-refractivity contribution in [2.45, 2.75) is 13.3 Å².